The van der Waals surface area contributed by atoms with Gasteiger partial charge < -0.3 is 14.5 Å². The van der Waals surface area contributed by atoms with Crippen LogP contribution >= 0.6 is 0 Å². The zero-order valence-corrected chi connectivity index (χ0v) is 14.8. The summed E-state index contributed by atoms with van der Waals surface area (Å²) in [6.07, 6.45) is 7.81. The number of ether oxygens (including phenoxy) is 1. The van der Waals surface area contributed by atoms with Gasteiger partial charge in [0.2, 0.25) is 5.91 Å². The van der Waals surface area contributed by atoms with Gasteiger partial charge in [-0.05, 0) is 61.6 Å². The van der Waals surface area contributed by atoms with Crippen molar-refractivity contribution in [3.8, 4) is 0 Å². The van der Waals surface area contributed by atoms with Crippen molar-refractivity contribution in [3.63, 3.8) is 0 Å². The maximum absolute atomic E-state index is 12.4. The minimum Gasteiger partial charge on any atom is -0.468 e. The Morgan fingerprint density at radius 3 is 3.00 bits per heavy atom. The summed E-state index contributed by atoms with van der Waals surface area (Å²) in [5, 5.41) is 3.02. The third-order valence-corrected chi connectivity index (χ3v) is 5.35. The molecule has 1 N–H and O–H groups in total. The van der Waals surface area contributed by atoms with Gasteiger partial charge in [0, 0.05) is 25.5 Å². The molecule has 2 aromatic heterocycles. The number of hydrogen-bond donors (Lipinski definition) is 1. The number of hydrogen-bond acceptors (Lipinski definition) is 5. The number of fused-ring (bicyclic) bond motifs is 1. The summed E-state index contributed by atoms with van der Waals surface area (Å²) in [6.45, 7) is 3.33. The van der Waals surface area contributed by atoms with E-state index in [1.54, 1.807) is 18.7 Å². The van der Waals surface area contributed by atoms with E-state index < -0.39 is 0 Å². The van der Waals surface area contributed by atoms with Gasteiger partial charge in [0.25, 0.3) is 0 Å². The van der Waals surface area contributed by atoms with Crippen LogP contribution in [0.5, 0.6) is 0 Å². The summed E-state index contributed by atoms with van der Waals surface area (Å²) < 4.78 is 11.5. The smallest absolute Gasteiger partial charge is 0.249 e. The van der Waals surface area contributed by atoms with E-state index in [2.05, 4.69) is 15.2 Å². The first-order chi connectivity index (χ1) is 12.8. The molecule has 2 aliphatic heterocycles. The van der Waals surface area contributed by atoms with Gasteiger partial charge >= 0.3 is 0 Å². The summed E-state index contributed by atoms with van der Waals surface area (Å²) in [5.41, 5.74) is 1.18. The van der Waals surface area contributed by atoms with Gasteiger partial charge in [-0.25, -0.2) is 0 Å². The lowest BCUT2D eigenvalue weighted by Crippen LogP contribution is -2.42. The number of carbonyl (C=O) groups is 1. The van der Waals surface area contributed by atoms with E-state index in [-0.39, 0.29) is 18.1 Å². The van der Waals surface area contributed by atoms with E-state index >= 15 is 0 Å². The second kappa shape index (κ2) is 8.01. The molecule has 0 unspecified atom stereocenters. The number of aromatic nitrogens is 1. The fourth-order valence-corrected chi connectivity index (χ4v) is 3.92. The third kappa shape index (κ3) is 4.14. The number of likely N-dealkylation sites (tertiary alicyclic amines) is 1. The van der Waals surface area contributed by atoms with Crippen molar-refractivity contribution in [1.29, 1.82) is 0 Å². The number of furan rings is 1. The van der Waals surface area contributed by atoms with Crippen LogP contribution in [-0.4, -0.2) is 47.6 Å². The van der Waals surface area contributed by atoms with E-state index in [1.165, 1.54) is 5.56 Å². The van der Waals surface area contributed by atoms with Crippen LogP contribution in [-0.2, 0) is 22.5 Å². The lowest BCUT2D eigenvalue weighted by molar-refractivity contribution is -0.132. The van der Waals surface area contributed by atoms with Crippen LogP contribution in [0.3, 0.4) is 0 Å². The molecule has 26 heavy (non-hydrogen) atoms. The molecular weight excluding hydrogens is 330 g/mol. The summed E-state index contributed by atoms with van der Waals surface area (Å²) in [4.78, 5) is 18.8. The number of nitrogens with one attached hydrogen (secondary N) is 1. The monoisotopic (exact) mass is 355 g/mol. The van der Waals surface area contributed by atoms with Gasteiger partial charge in [-0.15, -0.1) is 0 Å². The van der Waals surface area contributed by atoms with Crippen LogP contribution in [0, 0.1) is 5.92 Å². The van der Waals surface area contributed by atoms with E-state index in [9.17, 15) is 4.79 Å². The molecule has 0 aliphatic carbocycles. The first kappa shape index (κ1) is 17.2. The molecule has 2 fully saturated rings. The zero-order chi connectivity index (χ0) is 17.8. The molecule has 0 spiro atoms. The molecule has 0 radical (unpaired) electrons. The molecule has 0 bridgehead atoms. The predicted octanol–water partition coefficient (Wildman–Crippen LogP) is 2.01. The Morgan fingerprint density at radius 2 is 2.19 bits per heavy atom. The van der Waals surface area contributed by atoms with Crippen LogP contribution in [0.2, 0.25) is 0 Å². The molecule has 2 saturated heterocycles. The molecule has 138 valence electrons. The molecular formula is C20H25N3O3. The molecule has 1 amide bonds. The number of rotatable bonds is 6. The maximum Gasteiger partial charge on any atom is 0.249 e. The van der Waals surface area contributed by atoms with Gasteiger partial charge in [0.05, 0.1) is 18.9 Å². The van der Waals surface area contributed by atoms with Crippen molar-refractivity contribution >= 4 is 5.91 Å². The highest BCUT2D eigenvalue weighted by atomic mass is 16.5. The molecule has 3 atom stereocenters. The number of amides is 1. The second-order valence-electron chi connectivity index (χ2n) is 7.16. The van der Waals surface area contributed by atoms with Crippen molar-refractivity contribution in [3.05, 3.63) is 54.2 Å². The Balaban J connectivity index is 1.23. The quantitative estimate of drug-likeness (QED) is 0.859. The molecule has 0 aromatic carbocycles. The van der Waals surface area contributed by atoms with E-state index in [4.69, 9.17) is 9.15 Å². The molecule has 4 rings (SSSR count). The highest BCUT2D eigenvalue weighted by molar-refractivity contribution is 5.81. The largest absolute Gasteiger partial charge is 0.468 e. The minimum atomic E-state index is -0.314. The van der Waals surface area contributed by atoms with Crippen molar-refractivity contribution in [2.75, 3.05) is 19.6 Å². The van der Waals surface area contributed by atoms with E-state index in [1.807, 2.05) is 24.3 Å². The standard InChI is InChI=1S/C20H25N3O3/c24-20(22-9-5-15-3-7-21-8-4-15)18-12-16-6-10-23(14-19(16)26-18)13-17-2-1-11-25-17/h1-4,7-8,11,16,18-19H,5-6,9-10,12-14H2,(H,22,24)/t16-,18+,19+/m0/s1. The Kier molecular flexibility index (Phi) is 5.32. The van der Waals surface area contributed by atoms with Crippen LogP contribution in [0.4, 0.5) is 0 Å². The van der Waals surface area contributed by atoms with Crippen molar-refractivity contribution in [1.82, 2.24) is 15.2 Å². The lowest BCUT2D eigenvalue weighted by Gasteiger charge is -2.33. The van der Waals surface area contributed by atoms with Gasteiger partial charge in [0.1, 0.15) is 11.9 Å². The fraction of sp³-hybridized carbons (Fsp3) is 0.500. The van der Waals surface area contributed by atoms with Gasteiger partial charge in [-0.3, -0.25) is 14.7 Å². The summed E-state index contributed by atoms with van der Waals surface area (Å²) in [7, 11) is 0. The average molecular weight is 355 g/mol. The van der Waals surface area contributed by atoms with Gasteiger partial charge in [-0.1, -0.05) is 0 Å². The molecule has 6 nitrogen and oxygen atoms in total. The summed E-state index contributed by atoms with van der Waals surface area (Å²) in [6, 6.07) is 7.86. The minimum absolute atomic E-state index is 0.0195. The zero-order valence-electron chi connectivity index (χ0n) is 14.8. The van der Waals surface area contributed by atoms with E-state index in [0.717, 1.165) is 44.7 Å². The maximum atomic E-state index is 12.4. The van der Waals surface area contributed by atoms with Crippen LogP contribution in [0.25, 0.3) is 0 Å². The lowest BCUT2D eigenvalue weighted by atomic mass is 9.91. The first-order valence-electron chi connectivity index (χ1n) is 9.35. The number of piperidine rings is 1. The normalized spacial score (nSPS) is 25.8. The molecule has 2 aromatic rings. The Morgan fingerprint density at radius 1 is 1.31 bits per heavy atom. The molecule has 4 heterocycles. The van der Waals surface area contributed by atoms with Crippen molar-refractivity contribution < 1.29 is 13.9 Å². The van der Waals surface area contributed by atoms with Gasteiger partial charge in [-0.2, -0.15) is 0 Å². The third-order valence-electron chi connectivity index (χ3n) is 5.35. The van der Waals surface area contributed by atoms with Crippen LogP contribution in [0.1, 0.15) is 24.2 Å². The van der Waals surface area contributed by atoms with Crippen molar-refractivity contribution in [2.45, 2.75) is 38.0 Å². The fourth-order valence-electron chi connectivity index (χ4n) is 3.92. The highest BCUT2D eigenvalue weighted by Gasteiger charge is 2.41. The SMILES string of the molecule is O=C(NCCc1ccncc1)[C@H]1C[C@@H]2CCN(Cc3ccco3)C[C@H]2O1. The molecule has 2 aliphatic rings. The van der Waals surface area contributed by atoms with Crippen LogP contribution < -0.4 is 5.32 Å². The number of carbonyl (C=O) groups excluding carboxylic acids is 1. The Bertz CT molecular complexity index is 704. The highest BCUT2D eigenvalue weighted by Crippen LogP contribution is 2.33. The Hall–Kier alpha value is -2.18. The number of pyridine rings is 1. The Labute approximate surface area is 153 Å². The predicted molar refractivity (Wildman–Crippen MR) is 96.3 cm³/mol. The van der Waals surface area contributed by atoms with Gasteiger partial charge in [0.15, 0.2) is 0 Å². The summed E-state index contributed by atoms with van der Waals surface area (Å²) >= 11 is 0. The van der Waals surface area contributed by atoms with Crippen molar-refractivity contribution in [2.24, 2.45) is 5.92 Å². The molecule has 6 heteroatoms. The average Bonchev–Trinajstić information content (AvgIpc) is 3.32. The van der Waals surface area contributed by atoms with E-state index in [0.29, 0.717) is 12.5 Å². The summed E-state index contributed by atoms with van der Waals surface area (Å²) in [5.74, 6) is 1.48. The molecule has 0 saturated carbocycles. The first-order valence-corrected chi connectivity index (χ1v) is 9.35. The number of nitrogens with zero attached hydrogens (tertiary/aromatic N) is 2. The second-order valence-corrected chi connectivity index (χ2v) is 7.16. The van der Waals surface area contributed by atoms with Crippen LogP contribution in [0.15, 0.2) is 47.3 Å². The topological polar surface area (TPSA) is 67.6 Å².